The number of ether oxygens (including phenoxy) is 2. The molecule has 5 aliphatic rings. The normalized spacial score (nSPS) is 33.2. The van der Waals surface area contributed by atoms with E-state index in [9.17, 15) is 14.4 Å². The standard InChI is InChI=1S/C22H34N2O5S/c1-15(22-9-16-6-17(10-22)8-18(7-16)11-22)23-19(25)12-29-21(27)14-30-13-20(26)24-2-4-28-5-3-24/h15-18H,2-14H2,1H3,(H,23,25). The first-order chi connectivity index (χ1) is 14.4. The zero-order valence-corrected chi connectivity index (χ0v) is 18.7. The van der Waals surface area contributed by atoms with Gasteiger partial charge >= 0.3 is 5.97 Å². The highest BCUT2D eigenvalue weighted by Gasteiger charge is 2.53. The number of nitrogens with zero attached hydrogens (tertiary/aromatic N) is 1. The summed E-state index contributed by atoms with van der Waals surface area (Å²) in [6.45, 7) is 4.22. The number of thioether (sulfide) groups is 1. The van der Waals surface area contributed by atoms with Gasteiger partial charge in [-0.3, -0.25) is 14.4 Å². The summed E-state index contributed by atoms with van der Waals surface area (Å²) in [6.07, 6.45) is 7.83. The van der Waals surface area contributed by atoms with E-state index >= 15 is 0 Å². The molecule has 2 amide bonds. The third kappa shape index (κ3) is 5.13. The second kappa shape index (κ2) is 9.47. The van der Waals surface area contributed by atoms with E-state index in [0.29, 0.717) is 26.3 Å². The van der Waals surface area contributed by atoms with Gasteiger partial charge in [-0.2, -0.15) is 0 Å². The first kappa shape index (κ1) is 21.9. The Morgan fingerprint density at radius 1 is 1.07 bits per heavy atom. The van der Waals surface area contributed by atoms with Crippen LogP contribution >= 0.6 is 11.8 Å². The van der Waals surface area contributed by atoms with Crippen LogP contribution in [0.4, 0.5) is 0 Å². The Balaban J connectivity index is 1.13. The Morgan fingerprint density at radius 3 is 2.27 bits per heavy atom. The van der Waals surface area contributed by atoms with E-state index in [-0.39, 0.29) is 41.4 Å². The van der Waals surface area contributed by atoms with Gasteiger partial charge in [-0.25, -0.2) is 0 Å². The van der Waals surface area contributed by atoms with Gasteiger partial charge in [0.15, 0.2) is 6.61 Å². The maximum Gasteiger partial charge on any atom is 0.316 e. The molecule has 0 aromatic rings. The number of carbonyl (C=O) groups excluding carboxylic acids is 3. The molecule has 0 radical (unpaired) electrons. The first-order valence-corrected chi connectivity index (χ1v) is 12.5. The molecule has 0 spiro atoms. The molecule has 5 fully saturated rings. The zero-order valence-electron chi connectivity index (χ0n) is 17.9. The van der Waals surface area contributed by atoms with Crippen molar-refractivity contribution < 1.29 is 23.9 Å². The third-order valence-corrected chi connectivity index (χ3v) is 8.45. The van der Waals surface area contributed by atoms with Crippen molar-refractivity contribution >= 4 is 29.5 Å². The smallest absolute Gasteiger partial charge is 0.316 e. The molecule has 5 rings (SSSR count). The SMILES string of the molecule is CC(NC(=O)COC(=O)CSCC(=O)N1CCOCC1)C12CC3CC(CC(C3)C1)C2. The number of esters is 1. The van der Waals surface area contributed by atoms with Crippen LogP contribution in [0.3, 0.4) is 0 Å². The lowest BCUT2D eigenvalue weighted by Gasteiger charge is -2.59. The van der Waals surface area contributed by atoms with Crippen LogP contribution in [0.2, 0.25) is 0 Å². The summed E-state index contributed by atoms with van der Waals surface area (Å²) in [5.41, 5.74) is 0.240. The molecule has 7 nitrogen and oxygen atoms in total. The molecule has 1 unspecified atom stereocenters. The molecular weight excluding hydrogens is 404 g/mol. The fourth-order valence-electron chi connectivity index (χ4n) is 6.46. The van der Waals surface area contributed by atoms with Crippen LogP contribution in [0.15, 0.2) is 0 Å². The van der Waals surface area contributed by atoms with Crippen molar-refractivity contribution in [2.45, 2.75) is 51.5 Å². The van der Waals surface area contributed by atoms with E-state index in [0.717, 1.165) is 17.8 Å². The maximum absolute atomic E-state index is 12.4. The van der Waals surface area contributed by atoms with Crippen LogP contribution < -0.4 is 5.32 Å². The number of morpholine rings is 1. The second-order valence-corrected chi connectivity index (χ2v) is 10.7. The quantitative estimate of drug-likeness (QED) is 0.582. The van der Waals surface area contributed by atoms with Crippen LogP contribution in [-0.2, 0) is 23.9 Å². The minimum atomic E-state index is -0.451. The summed E-state index contributed by atoms with van der Waals surface area (Å²) in [6, 6.07) is 0.123. The Kier molecular flexibility index (Phi) is 6.92. The number of nitrogens with one attached hydrogen (secondary N) is 1. The molecule has 30 heavy (non-hydrogen) atoms. The molecule has 0 aromatic carbocycles. The monoisotopic (exact) mass is 438 g/mol. The van der Waals surface area contributed by atoms with Crippen LogP contribution in [0, 0.1) is 23.2 Å². The van der Waals surface area contributed by atoms with Crippen LogP contribution in [0.5, 0.6) is 0 Å². The Hall–Kier alpha value is -1.28. The zero-order chi connectivity index (χ0) is 21.1. The molecule has 1 heterocycles. The molecular formula is C22H34N2O5S. The average Bonchev–Trinajstić information content (AvgIpc) is 2.72. The van der Waals surface area contributed by atoms with Gasteiger partial charge in [0.05, 0.1) is 24.7 Å². The summed E-state index contributed by atoms with van der Waals surface area (Å²) in [5.74, 6) is 2.17. The van der Waals surface area contributed by atoms with Gasteiger partial charge in [-0.15, -0.1) is 11.8 Å². The lowest BCUT2D eigenvalue weighted by atomic mass is 9.48. The fraction of sp³-hybridized carbons (Fsp3) is 0.864. The molecule has 4 aliphatic carbocycles. The summed E-state index contributed by atoms with van der Waals surface area (Å²) in [4.78, 5) is 38.1. The Morgan fingerprint density at radius 2 is 1.67 bits per heavy atom. The van der Waals surface area contributed by atoms with Gasteiger partial charge in [0.25, 0.3) is 5.91 Å². The molecule has 1 atom stereocenters. The minimum Gasteiger partial charge on any atom is -0.455 e. The molecule has 0 aromatic heterocycles. The number of amides is 2. The first-order valence-electron chi connectivity index (χ1n) is 11.3. The van der Waals surface area contributed by atoms with Crippen LogP contribution in [-0.4, -0.2) is 73.1 Å². The number of carbonyl (C=O) groups is 3. The number of hydrogen-bond acceptors (Lipinski definition) is 6. The third-order valence-electron chi connectivity index (χ3n) is 7.56. The van der Waals surface area contributed by atoms with Gasteiger partial charge in [0, 0.05) is 19.1 Å². The average molecular weight is 439 g/mol. The topological polar surface area (TPSA) is 84.9 Å². The van der Waals surface area contributed by atoms with Crippen molar-refractivity contribution in [3.8, 4) is 0 Å². The summed E-state index contributed by atoms with van der Waals surface area (Å²) >= 11 is 1.23. The Labute approximate surface area is 183 Å². The Bertz CT molecular complexity index is 629. The van der Waals surface area contributed by atoms with Crippen molar-refractivity contribution in [1.82, 2.24) is 10.2 Å². The van der Waals surface area contributed by atoms with Crippen molar-refractivity contribution in [3.05, 3.63) is 0 Å². The van der Waals surface area contributed by atoms with Crippen LogP contribution in [0.25, 0.3) is 0 Å². The molecule has 4 saturated carbocycles. The minimum absolute atomic E-state index is 0.0123. The van der Waals surface area contributed by atoms with E-state index < -0.39 is 5.97 Å². The number of hydrogen-bond donors (Lipinski definition) is 1. The highest BCUT2D eigenvalue weighted by molar-refractivity contribution is 8.00. The lowest BCUT2D eigenvalue weighted by Crippen LogP contribution is -2.56. The highest BCUT2D eigenvalue weighted by atomic mass is 32.2. The van der Waals surface area contributed by atoms with E-state index in [4.69, 9.17) is 9.47 Å². The van der Waals surface area contributed by atoms with E-state index in [1.54, 1.807) is 4.90 Å². The van der Waals surface area contributed by atoms with Crippen molar-refractivity contribution in [1.29, 1.82) is 0 Å². The molecule has 1 aliphatic heterocycles. The molecule has 8 heteroatoms. The molecule has 168 valence electrons. The number of rotatable bonds is 8. The molecule has 1 saturated heterocycles. The maximum atomic E-state index is 12.4. The predicted octanol–water partition coefficient (Wildman–Crippen LogP) is 1.84. The summed E-state index contributed by atoms with van der Waals surface area (Å²) in [5, 5.41) is 3.11. The van der Waals surface area contributed by atoms with Gasteiger partial charge in [0.1, 0.15) is 0 Å². The van der Waals surface area contributed by atoms with E-state index in [2.05, 4.69) is 12.2 Å². The van der Waals surface area contributed by atoms with Gasteiger partial charge < -0.3 is 19.7 Å². The molecule has 1 N–H and O–H groups in total. The van der Waals surface area contributed by atoms with Gasteiger partial charge in [0.2, 0.25) is 5.91 Å². The largest absolute Gasteiger partial charge is 0.455 e. The van der Waals surface area contributed by atoms with E-state index in [1.807, 2.05) is 0 Å². The molecule has 4 bridgehead atoms. The van der Waals surface area contributed by atoms with Crippen molar-refractivity contribution in [3.63, 3.8) is 0 Å². The van der Waals surface area contributed by atoms with E-state index in [1.165, 1.54) is 50.3 Å². The van der Waals surface area contributed by atoms with Gasteiger partial charge in [-0.1, -0.05) is 0 Å². The fourth-order valence-corrected chi connectivity index (χ4v) is 7.17. The lowest BCUT2D eigenvalue weighted by molar-refractivity contribution is -0.147. The van der Waals surface area contributed by atoms with Crippen molar-refractivity contribution in [2.75, 3.05) is 44.4 Å². The van der Waals surface area contributed by atoms with Crippen LogP contribution in [0.1, 0.15) is 45.4 Å². The summed E-state index contributed by atoms with van der Waals surface area (Å²) in [7, 11) is 0. The summed E-state index contributed by atoms with van der Waals surface area (Å²) < 4.78 is 10.4. The van der Waals surface area contributed by atoms with Gasteiger partial charge in [-0.05, 0) is 68.6 Å². The predicted molar refractivity (Wildman–Crippen MR) is 114 cm³/mol. The highest BCUT2D eigenvalue weighted by Crippen LogP contribution is 2.61. The van der Waals surface area contributed by atoms with Crippen molar-refractivity contribution in [2.24, 2.45) is 23.2 Å². The second-order valence-electron chi connectivity index (χ2n) is 9.72.